The van der Waals surface area contributed by atoms with Crippen molar-refractivity contribution in [3.05, 3.63) is 23.8 Å². The molecular formula is C18H25N3O4S. The topological polar surface area (TPSA) is 86.8 Å². The van der Waals surface area contributed by atoms with E-state index in [-0.39, 0.29) is 16.7 Å². The minimum Gasteiger partial charge on any atom is -0.355 e. The number of anilines is 1. The van der Waals surface area contributed by atoms with Crippen LogP contribution in [0.3, 0.4) is 0 Å². The standard InChI is InChI=1S/C18H25N3O4S/c1-3-19-18(23)17-12-14-11-15(7-8-16(14)21(17)13(2)22)26(24,25)20-9-5-4-6-10-20/h7-8,11,17H,3-6,9-10,12H2,1-2H3,(H,19,23). The number of benzene rings is 1. The van der Waals surface area contributed by atoms with E-state index in [9.17, 15) is 18.0 Å². The molecule has 26 heavy (non-hydrogen) atoms. The van der Waals surface area contributed by atoms with Gasteiger partial charge in [0.05, 0.1) is 4.90 Å². The zero-order valence-corrected chi connectivity index (χ0v) is 16.0. The monoisotopic (exact) mass is 379 g/mol. The summed E-state index contributed by atoms with van der Waals surface area (Å²) in [6, 6.07) is 4.18. The van der Waals surface area contributed by atoms with E-state index in [1.165, 1.54) is 16.1 Å². The molecule has 2 aliphatic rings. The van der Waals surface area contributed by atoms with Crippen LogP contribution in [0.2, 0.25) is 0 Å². The molecule has 0 radical (unpaired) electrons. The van der Waals surface area contributed by atoms with E-state index in [1.54, 1.807) is 18.2 Å². The first-order chi connectivity index (χ1) is 12.4. The van der Waals surface area contributed by atoms with Gasteiger partial charge in [0.2, 0.25) is 21.8 Å². The van der Waals surface area contributed by atoms with E-state index in [4.69, 9.17) is 0 Å². The van der Waals surface area contributed by atoms with Gasteiger partial charge in [-0.3, -0.25) is 14.5 Å². The van der Waals surface area contributed by atoms with E-state index in [0.29, 0.717) is 31.7 Å². The summed E-state index contributed by atoms with van der Waals surface area (Å²) in [5, 5.41) is 2.74. The fourth-order valence-corrected chi connectivity index (χ4v) is 5.30. The third-order valence-electron chi connectivity index (χ3n) is 4.98. The number of fused-ring (bicyclic) bond motifs is 1. The number of hydrogen-bond acceptors (Lipinski definition) is 4. The molecule has 2 amide bonds. The molecule has 1 saturated heterocycles. The summed E-state index contributed by atoms with van der Waals surface area (Å²) in [4.78, 5) is 26.1. The molecule has 1 unspecified atom stereocenters. The molecule has 0 aromatic heterocycles. The Hall–Kier alpha value is -1.93. The molecule has 0 saturated carbocycles. The first kappa shape index (κ1) is 18.8. The van der Waals surface area contributed by atoms with E-state index >= 15 is 0 Å². The quantitative estimate of drug-likeness (QED) is 0.854. The number of likely N-dealkylation sites (N-methyl/N-ethyl adjacent to an activating group) is 1. The Bertz CT molecular complexity index is 816. The van der Waals surface area contributed by atoms with Crippen LogP contribution in [0.4, 0.5) is 5.69 Å². The molecule has 2 heterocycles. The molecule has 1 atom stereocenters. The number of sulfonamides is 1. The molecule has 1 aromatic rings. The summed E-state index contributed by atoms with van der Waals surface area (Å²) in [5.74, 6) is -0.453. The van der Waals surface area contributed by atoms with E-state index < -0.39 is 16.1 Å². The average molecular weight is 379 g/mol. The Morgan fingerprint density at radius 2 is 1.88 bits per heavy atom. The fourth-order valence-electron chi connectivity index (χ4n) is 3.73. The Morgan fingerprint density at radius 1 is 1.19 bits per heavy atom. The number of amides is 2. The minimum atomic E-state index is -3.54. The van der Waals surface area contributed by atoms with Gasteiger partial charge >= 0.3 is 0 Å². The van der Waals surface area contributed by atoms with E-state index in [0.717, 1.165) is 24.8 Å². The van der Waals surface area contributed by atoms with Gasteiger partial charge in [0.1, 0.15) is 6.04 Å². The highest BCUT2D eigenvalue weighted by Crippen LogP contribution is 2.35. The van der Waals surface area contributed by atoms with Gasteiger partial charge in [-0.2, -0.15) is 4.31 Å². The van der Waals surface area contributed by atoms with Crippen LogP contribution in [-0.4, -0.2) is 50.2 Å². The second-order valence-corrected chi connectivity index (χ2v) is 8.70. The molecule has 1 fully saturated rings. The number of rotatable bonds is 4. The van der Waals surface area contributed by atoms with Crippen LogP contribution in [0.25, 0.3) is 0 Å². The van der Waals surface area contributed by atoms with Crippen molar-refractivity contribution in [3.63, 3.8) is 0 Å². The summed E-state index contributed by atoms with van der Waals surface area (Å²) < 4.78 is 27.3. The normalized spacial score (nSPS) is 20.7. The van der Waals surface area contributed by atoms with Gasteiger partial charge in [0.25, 0.3) is 0 Å². The summed E-state index contributed by atoms with van der Waals surface area (Å²) in [6.07, 6.45) is 3.13. The number of carbonyl (C=O) groups excluding carboxylic acids is 2. The average Bonchev–Trinajstić information content (AvgIpc) is 3.01. The highest BCUT2D eigenvalue weighted by atomic mass is 32.2. The van der Waals surface area contributed by atoms with Crippen molar-refractivity contribution < 1.29 is 18.0 Å². The second-order valence-electron chi connectivity index (χ2n) is 6.76. The number of carbonyl (C=O) groups is 2. The van der Waals surface area contributed by atoms with Crippen molar-refractivity contribution >= 4 is 27.5 Å². The van der Waals surface area contributed by atoms with Crippen LogP contribution < -0.4 is 10.2 Å². The summed E-state index contributed by atoms with van der Waals surface area (Å²) in [6.45, 7) is 4.80. The van der Waals surface area contributed by atoms with Gasteiger partial charge in [-0.25, -0.2) is 8.42 Å². The van der Waals surface area contributed by atoms with Crippen molar-refractivity contribution in [1.29, 1.82) is 0 Å². The highest BCUT2D eigenvalue weighted by Gasteiger charge is 2.38. The minimum absolute atomic E-state index is 0.223. The number of nitrogens with zero attached hydrogens (tertiary/aromatic N) is 2. The molecule has 2 aliphatic heterocycles. The van der Waals surface area contributed by atoms with Crippen molar-refractivity contribution in [3.8, 4) is 0 Å². The molecule has 7 nitrogen and oxygen atoms in total. The Balaban J connectivity index is 1.93. The molecular weight excluding hydrogens is 354 g/mol. The van der Waals surface area contributed by atoms with E-state index in [2.05, 4.69) is 5.32 Å². The molecule has 8 heteroatoms. The Kier molecular flexibility index (Phi) is 5.34. The summed E-state index contributed by atoms with van der Waals surface area (Å²) in [7, 11) is -3.54. The number of piperidine rings is 1. The second kappa shape index (κ2) is 7.36. The zero-order valence-electron chi connectivity index (χ0n) is 15.2. The van der Waals surface area contributed by atoms with Crippen molar-refractivity contribution in [1.82, 2.24) is 9.62 Å². The maximum absolute atomic E-state index is 12.9. The van der Waals surface area contributed by atoms with Gasteiger partial charge in [-0.15, -0.1) is 0 Å². The van der Waals surface area contributed by atoms with Crippen LogP contribution in [0.1, 0.15) is 38.7 Å². The summed E-state index contributed by atoms with van der Waals surface area (Å²) in [5.41, 5.74) is 1.33. The number of nitrogens with one attached hydrogen (secondary N) is 1. The SMILES string of the molecule is CCNC(=O)C1Cc2cc(S(=O)(=O)N3CCCCC3)ccc2N1C(C)=O. The largest absolute Gasteiger partial charge is 0.355 e. The fraction of sp³-hybridized carbons (Fsp3) is 0.556. The van der Waals surface area contributed by atoms with E-state index in [1.807, 2.05) is 6.92 Å². The van der Waals surface area contributed by atoms with Crippen molar-refractivity contribution in [2.24, 2.45) is 0 Å². The van der Waals surface area contributed by atoms with Crippen LogP contribution in [-0.2, 0) is 26.0 Å². The van der Waals surface area contributed by atoms with Crippen LogP contribution in [0.5, 0.6) is 0 Å². The lowest BCUT2D eigenvalue weighted by Crippen LogP contribution is -2.47. The van der Waals surface area contributed by atoms with Crippen molar-refractivity contribution in [2.75, 3.05) is 24.5 Å². The molecule has 0 spiro atoms. The Labute approximate surface area is 154 Å². The van der Waals surface area contributed by atoms with Gasteiger partial charge in [-0.1, -0.05) is 6.42 Å². The lowest BCUT2D eigenvalue weighted by atomic mass is 10.1. The van der Waals surface area contributed by atoms with Gasteiger partial charge in [-0.05, 0) is 43.5 Å². The maximum atomic E-state index is 12.9. The molecule has 0 bridgehead atoms. The molecule has 142 valence electrons. The van der Waals surface area contributed by atoms with Gasteiger partial charge in [0.15, 0.2) is 0 Å². The van der Waals surface area contributed by atoms with Crippen LogP contribution >= 0.6 is 0 Å². The first-order valence-corrected chi connectivity index (χ1v) is 10.5. The van der Waals surface area contributed by atoms with Crippen molar-refractivity contribution in [2.45, 2.75) is 50.5 Å². The zero-order chi connectivity index (χ0) is 18.9. The first-order valence-electron chi connectivity index (χ1n) is 9.07. The molecule has 0 aliphatic carbocycles. The third-order valence-corrected chi connectivity index (χ3v) is 6.88. The third kappa shape index (κ3) is 3.35. The maximum Gasteiger partial charge on any atom is 0.243 e. The molecule has 3 rings (SSSR count). The molecule has 1 aromatic carbocycles. The lowest BCUT2D eigenvalue weighted by molar-refractivity contribution is -0.125. The van der Waals surface area contributed by atoms with Crippen LogP contribution in [0, 0.1) is 0 Å². The summed E-state index contributed by atoms with van der Waals surface area (Å²) >= 11 is 0. The highest BCUT2D eigenvalue weighted by molar-refractivity contribution is 7.89. The predicted molar refractivity (Wildman–Crippen MR) is 98.4 cm³/mol. The molecule has 1 N–H and O–H groups in total. The lowest BCUT2D eigenvalue weighted by Gasteiger charge is -2.26. The van der Waals surface area contributed by atoms with Crippen LogP contribution in [0.15, 0.2) is 23.1 Å². The smallest absolute Gasteiger partial charge is 0.243 e. The van der Waals surface area contributed by atoms with Gasteiger partial charge in [0, 0.05) is 38.7 Å². The Morgan fingerprint density at radius 3 is 2.50 bits per heavy atom. The van der Waals surface area contributed by atoms with Gasteiger partial charge < -0.3 is 5.32 Å². The number of hydrogen-bond donors (Lipinski definition) is 1. The predicted octanol–water partition coefficient (Wildman–Crippen LogP) is 1.27.